The van der Waals surface area contributed by atoms with E-state index in [9.17, 15) is 0 Å². The molecule has 9 heteroatoms. The molecule has 0 fully saturated rings. The number of tetrazole rings is 2. The molecule has 15 heavy (non-hydrogen) atoms. The third kappa shape index (κ3) is 1.44. The quantitative estimate of drug-likeness (QED) is 0.653. The number of hydrogen-bond acceptors (Lipinski definition) is 6. The molecule has 0 aromatic carbocycles. The molecule has 8 nitrogen and oxygen atoms in total. The van der Waals surface area contributed by atoms with Gasteiger partial charge in [-0.1, -0.05) is 24.3 Å². The molecule has 0 N–H and O–H groups in total. The summed E-state index contributed by atoms with van der Waals surface area (Å²) in [4.78, 5) is 0. The number of aromatic nitrogens is 8. The van der Waals surface area contributed by atoms with Crippen molar-refractivity contribution >= 4 is 8.40 Å². The van der Waals surface area contributed by atoms with Gasteiger partial charge in [0.2, 0.25) is 0 Å². The predicted molar refractivity (Wildman–Crippen MR) is 53.1 cm³/mol. The minimum atomic E-state index is -2.03. The largest absolute Gasteiger partial charge is 0.317 e. The minimum Gasteiger partial charge on any atom is -0.239 e. The summed E-state index contributed by atoms with van der Waals surface area (Å²) >= 11 is 0. The zero-order valence-corrected chi connectivity index (χ0v) is 9.65. The van der Waals surface area contributed by atoms with E-state index in [1.165, 1.54) is 0 Å². The highest BCUT2D eigenvalue weighted by atomic mass is 28.3. The molecular weight excluding hydrogens is 212 g/mol. The molecule has 0 atom stereocenters. The maximum atomic E-state index is 3.99. The average molecular weight is 224 g/mol. The topological polar surface area (TPSA) is 87.2 Å². The number of hydrogen-bond donors (Lipinski definition) is 0. The molecule has 0 spiro atoms. The van der Waals surface area contributed by atoms with Crippen molar-refractivity contribution in [1.29, 1.82) is 0 Å². The SMILES string of the molecule is CC[Si](CC)(n1cnnn1)n1cnnn1. The Morgan fingerprint density at radius 1 is 0.933 bits per heavy atom. The lowest BCUT2D eigenvalue weighted by atomic mass is 10.9. The van der Waals surface area contributed by atoms with E-state index < -0.39 is 8.40 Å². The van der Waals surface area contributed by atoms with Crippen LogP contribution in [0.5, 0.6) is 0 Å². The first-order valence-electron chi connectivity index (χ1n) is 4.80. The van der Waals surface area contributed by atoms with Gasteiger partial charge >= 0.3 is 8.40 Å². The first kappa shape index (κ1) is 9.89. The molecule has 0 aliphatic carbocycles. The predicted octanol–water partition coefficient (Wildman–Crippen LogP) is -0.462. The Kier molecular flexibility index (Phi) is 2.54. The first-order valence-corrected chi connectivity index (χ1v) is 7.11. The van der Waals surface area contributed by atoms with Gasteiger partial charge in [-0.05, 0) is 22.5 Å². The van der Waals surface area contributed by atoms with Crippen molar-refractivity contribution in [3.05, 3.63) is 12.7 Å². The van der Waals surface area contributed by atoms with Crippen LogP contribution in [0.4, 0.5) is 0 Å². The normalized spacial score (nSPS) is 11.9. The third-order valence-corrected chi connectivity index (χ3v) is 7.06. The van der Waals surface area contributed by atoms with E-state index in [4.69, 9.17) is 0 Å². The molecule has 0 saturated carbocycles. The van der Waals surface area contributed by atoms with Crippen LogP contribution in [0.15, 0.2) is 12.7 Å². The van der Waals surface area contributed by atoms with Crippen LogP contribution in [0, 0.1) is 0 Å². The van der Waals surface area contributed by atoms with Gasteiger partial charge in [-0.3, -0.25) is 0 Å². The maximum Gasteiger partial charge on any atom is 0.317 e. The van der Waals surface area contributed by atoms with Crippen LogP contribution in [-0.2, 0) is 0 Å². The monoisotopic (exact) mass is 224 g/mol. The lowest BCUT2D eigenvalue weighted by Gasteiger charge is -2.26. The standard InChI is InChI=1S/C6H12N8Si/c1-3-15(4-2,13-5-7-9-11-13)14-6-8-10-12-14/h5-6H,3-4H2,1-2H3. The molecule has 0 unspecified atom stereocenters. The van der Waals surface area contributed by atoms with E-state index in [0.717, 1.165) is 12.1 Å². The number of rotatable bonds is 4. The van der Waals surface area contributed by atoms with E-state index in [1.54, 1.807) is 12.7 Å². The highest BCUT2D eigenvalue weighted by molar-refractivity contribution is 6.76. The van der Waals surface area contributed by atoms with Crippen molar-refractivity contribution in [2.24, 2.45) is 0 Å². The Morgan fingerprint density at radius 2 is 1.40 bits per heavy atom. The molecule has 0 amide bonds. The van der Waals surface area contributed by atoms with Crippen LogP contribution in [0.1, 0.15) is 13.8 Å². The van der Waals surface area contributed by atoms with Gasteiger partial charge in [0.05, 0.1) is 0 Å². The van der Waals surface area contributed by atoms with Crippen LogP contribution < -0.4 is 0 Å². The summed E-state index contributed by atoms with van der Waals surface area (Å²) in [5, 5.41) is 22.7. The Labute approximate surface area is 87.5 Å². The van der Waals surface area contributed by atoms with Gasteiger partial charge in [0.15, 0.2) is 0 Å². The van der Waals surface area contributed by atoms with Crippen molar-refractivity contribution in [3.8, 4) is 0 Å². The molecule has 2 heterocycles. The highest BCUT2D eigenvalue weighted by Gasteiger charge is 2.38. The minimum absolute atomic E-state index is 0.944. The second-order valence-electron chi connectivity index (χ2n) is 3.20. The van der Waals surface area contributed by atoms with Gasteiger partial charge in [0.1, 0.15) is 12.7 Å². The summed E-state index contributed by atoms with van der Waals surface area (Å²) in [5.41, 5.74) is 0. The molecule has 0 radical (unpaired) electrons. The molecule has 80 valence electrons. The summed E-state index contributed by atoms with van der Waals surface area (Å²) in [7, 11) is -2.03. The third-order valence-electron chi connectivity index (χ3n) is 2.68. The Morgan fingerprint density at radius 3 is 1.67 bits per heavy atom. The van der Waals surface area contributed by atoms with Gasteiger partial charge in [-0.2, -0.15) is 0 Å². The lowest BCUT2D eigenvalue weighted by Crippen LogP contribution is -2.51. The van der Waals surface area contributed by atoms with Gasteiger partial charge < -0.3 is 0 Å². The smallest absolute Gasteiger partial charge is 0.239 e. The summed E-state index contributed by atoms with van der Waals surface area (Å²) in [6.45, 7) is 4.22. The maximum absolute atomic E-state index is 3.99. The second-order valence-corrected chi connectivity index (χ2v) is 7.49. The van der Waals surface area contributed by atoms with Crippen LogP contribution in [0.25, 0.3) is 0 Å². The van der Waals surface area contributed by atoms with E-state index in [-0.39, 0.29) is 0 Å². The first-order chi connectivity index (χ1) is 7.33. The molecule has 0 saturated heterocycles. The van der Waals surface area contributed by atoms with Gasteiger partial charge in [0.25, 0.3) is 0 Å². The fourth-order valence-corrected chi connectivity index (χ4v) is 4.66. The summed E-state index contributed by atoms with van der Waals surface area (Å²) < 4.78 is 3.65. The molecule has 0 aliphatic heterocycles. The zero-order chi connectivity index (χ0) is 10.7. The summed E-state index contributed by atoms with van der Waals surface area (Å²) in [6, 6.07) is 1.89. The van der Waals surface area contributed by atoms with Crippen molar-refractivity contribution < 1.29 is 0 Å². The molecule has 2 aromatic heterocycles. The zero-order valence-electron chi connectivity index (χ0n) is 8.65. The molecule has 2 aromatic rings. The molecule has 0 bridgehead atoms. The molecular formula is C6H12N8Si. The van der Waals surface area contributed by atoms with E-state index in [0.29, 0.717) is 0 Å². The van der Waals surface area contributed by atoms with Crippen molar-refractivity contribution in [1.82, 2.24) is 39.7 Å². The number of nitrogens with zero attached hydrogens (tertiary/aromatic N) is 8. The summed E-state index contributed by atoms with van der Waals surface area (Å²) in [5.74, 6) is 0. The van der Waals surface area contributed by atoms with E-state index >= 15 is 0 Å². The van der Waals surface area contributed by atoms with E-state index in [1.807, 2.05) is 8.69 Å². The molecule has 0 aliphatic rings. The van der Waals surface area contributed by atoms with Gasteiger partial charge in [-0.25, -0.2) is 8.69 Å². The van der Waals surface area contributed by atoms with Crippen molar-refractivity contribution in [2.45, 2.75) is 25.9 Å². The average Bonchev–Trinajstić information content (AvgIpc) is 2.92. The Balaban J connectivity index is 2.50. The van der Waals surface area contributed by atoms with Crippen LogP contribution in [0.2, 0.25) is 12.1 Å². The van der Waals surface area contributed by atoms with Gasteiger partial charge in [-0.15, -0.1) is 10.2 Å². The van der Waals surface area contributed by atoms with Crippen LogP contribution in [0.3, 0.4) is 0 Å². The summed E-state index contributed by atoms with van der Waals surface area (Å²) in [6.07, 6.45) is 3.28. The van der Waals surface area contributed by atoms with Crippen LogP contribution >= 0.6 is 0 Å². The van der Waals surface area contributed by atoms with E-state index in [2.05, 4.69) is 44.9 Å². The van der Waals surface area contributed by atoms with Gasteiger partial charge in [0, 0.05) is 0 Å². The van der Waals surface area contributed by atoms with Crippen molar-refractivity contribution in [3.63, 3.8) is 0 Å². The van der Waals surface area contributed by atoms with Crippen LogP contribution in [-0.4, -0.2) is 48.1 Å². The second kappa shape index (κ2) is 3.85. The lowest BCUT2D eigenvalue weighted by molar-refractivity contribution is 0.726. The fraction of sp³-hybridized carbons (Fsp3) is 0.667. The Hall–Kier alpha value is -1.64. The molecule has 2 rings (SSSR count). The fourth-order valence-electron chi connectivity index (χ4n) is 1.71. The van der Waals surface area contributed by atoms with Crippen molar-refractivity contribution in [2.75, 3.05) is 0 Å². The highest BCUT2D eigenvalue weighted by Crippen LogP contribution is 2.16. The Bertz CT molecular complexity index is 354.